The molecule has 0 radical (unpaired) electrons. The van der Waals surface area contributed by atoms with Gasteiger partial charge in [-0.05, 0) is 11.1 Å². The third-order valence-corrected chi connectivity index (χ3v) is 5.13. The Kier molecular flexibility index (Phi) is 9.77. The van der Waals surface area contributed by atoms with Crippen LogP contribution in [0.3, 0.4) is 0 Å². The van der Waals surface area contributed by atoms with Crippen LogP contribution in [0.25, 0.3) is 0 Å². The van der Waals surface area contributed by atoms with Crippen LogP contribution >= 0.6 is 0 Å². The van der Waals surface area contributed by atoms with Crippen molar-refractivity contribution in [2.45, 2.75) is 57.8 Å². The van der Waals surface area contributed by atoms with E-state index in [1.807, 2.05) is 60.7 Å². The summed E-state index contributed by atoms with van der Waals surface area (Å²) >= 11 is 0. The Morgan fingerprint density at radius 1 is 0.829 bits per heavy atom. The quantitative estimate of drug-likeness (QED) is 0.289. The van der Waals surface area contributed by atoms with Gasteiger partial charge in [-0.1, -0.05) is 60.7 Å². The number of esters is 2. The molecule has 9 heteroatoms. The number of hydrogen-bond donors (Lipinski definition) is 0. The van der Waals surface area contributed by atoms with E-state index in [-0.39, 0.29) is 13.2 Å². The van der Waals surface area contributed by atoms with Gasteiger partial charge in [0.15, 0.2) is 6.10 Å². The number of ether oxygens (including phenoxy) is 5. The zero-order valence-corrected chi connectivity index (χ0v) is 20.4. The number of hydrazone groups is 1. The predicted molar refractivity (Wildman–Crippen MR) is 128 cm³/mol. The molecule has 1 saturated heterocycles. The van der Waals surface area contributed by atoms with Crippen molar-refractivity contribution in [2.75, 3.05) is 14.1 Å². The van der Waals surface area contributed by atoms with E-state index in [4.69, 9.17) is 23.7 Å². The molecule has 1 aliphatic heterocycles. The van der Waals surface area contributed by atoms with E-state index < -0.39 is 42.6 Å². The lowest BCUT2D eigenvalue weighted by Gasteiger charge is -2.43. The summed E-state index contributed by atoms with van der Waals surface area (Å²) in [4.78, 5) is 23.8. The molecule has 1 aliphatic rings. The van der Waals surface area contributed by atoms with Gasteiger partial charge in [0.1, 0.15) is 18.3 Å². The predicted octanol–water partition coefficient (Wildman–Crippen LogP) is 2.92. The topological polar surface area (TPSA) is 95.9 Å². The fourth-order valence-electron chi connectivity index (χ4n) is 3.64. The molecule has 0 amide bonds. The van der Waals surface area contributed by atoms with Crippen LogP contribution in [0.4, 0.5) is 0 Å². The molecule has 0 unspecified atom stereocenters. The van der Waals surface area contributed by atoms with Crippen LogP contribution in [-0.2, 0) is 46.5 Å². The van der Waals surface area contributed by atoms with Gasteiger partial charge in [-0.2, -0.15) is 5.10 Å². The fourth-order valence-corrected chi connectivity index (χ4v) is 3.64. The molecule has 9 nitrogen and oxygen atoms in total. The minimum Gasteiger partial charge on any atom is -0.453 e. The lowest BCUT2D eigenvalue weighted by molar-refractivity contribution is -0.294. The molecule has 2 aromatic rings. The molecule has 5 atom stereocenters. The average molecular weight is 485 g/mol. The molecule has 0 saturated carbocycles. The molecule has 3 rings (SSSR count). The van der Waals surface area contributed by atoms with Crippen LogP contribution in [0.1, 0.15) is 25.0 Å². The molecule has 188 valence electrons. The van der Waals surface area contributed by atoms with Crippen molar-refractivity contribution in [2.24, 2.45) is 5.10 Å². The summed E-state index contributed by atoms with van der Waals surface area (Å²) in [5.74, 6) is -1.15. The van der Waals surface area contributed by atoms with Gasteiger partial charge in [-0.15, -0.1) is 0 Å². The van der Waals surface area contributed by atoms with E-state index in [0.717, 1.165) is 11.1 Å². The minimum absolute atomic E-state index is 0.221. The highest BCUT2D eigenvalue weighted by atomic mass is 16.7. The van der Waals surface area contributed by atoms with Gasteiger partial charge in [-0.25, -0.2) is 0 Å². The first kappa shape index (κ1) is 26.3. The second-order valence-electron chi connectivity index (χ2n) is 8.29. The summed E-state index contributed by atoms with van der Waals surface area (Å²) in [5, 5.41) is 5.91. The van der Waals surface area contributed by atoms with Crippen LogP contribution in [0.5, 0.6) is 0 Å². The molecule has 1 fully saturated rings. The molecular formula is C26H32N2O7. The monoisotopic (exact) mass is 484 g/mol. The van der Waals surface area contributed by atoms with Crippen molar-refractivity contribution in [3.8, 4) is 0 Å². The largest absolute Gasteiger partial charge is 0.453 e. The number of carbonyl (C=O) groups is 2. The van der Waals surface area contributed by atoms with Crippen molar-refractivity contribution >= 4 is 18.2 Å². The maximum atomic E-state index is 12.0. The Bertz CT molecular complexity index is 968. The number of nitrogens with zero attached hydrogens (tertiary/aromatic N) is 2. The zero-order chi connectivity index (χ0) is 25.2. The highest BCUT2D eigenvalue weighted by molar-refractivity contribution is 5.68. The van der Waals surface area contributed by atoms with Gasteiger partial charge in [0.25, 0.3) is 0 Å². The Hall–Kier alpha value is -3.27. The summed E-state index contributed by atoms with van der Waals surface area (Å²) in [6.07, 6.45) is -2.98. The van der Waals surface area contributed by atoms with Crippen LogP contribution in [0.15, 0.2) is 65.8 Å². The van der Waals surface area contributed by atoms with E-state index in [2.05, 4.69) is 5.10 Å². The van der Waals surface area contributed by atoms with Gasteiger partial charge < -0.3 is 28.7 Å². The molecule has 0 bridgehead atoms. The van der Waals surface area contributed by atoms with Crippen molar-refractivity contribution < 1.29 is 33.3 Å². The van der Waals surface area contributed by atoms with E-state index in [1.54, 1.807) is 25.3 Å². The van der Waals surface area contributed by atoms with Crippen molar-refractivity contribution in [1.82, 2.24) is 5.01 Å². The summed E-state index contributed by atoms with van der Waals surface area (Å²) in [5.41, 5.74) is 1.87. The third kappa shape index (κ3) is 8.17. The van der Waals surface area contributed by atoms with Gasteiger partial charge >= 0.3 is 11.9 Å². The smallest absolute Gasteiger partial charge is 0.305 e. The summed E-state index contributed by atoms with van der Waals surface area (Å²) in [6.45, 7) is 3.02. The van der Waals surface area contributed by atoms with E-state index in [1.165, 1.54) is 13.8 Å². The molecule has 0 aliphatic carbocycles. The van der Waals surface area contributed by atoms with Crippen LogP contribution in [0.2, 0.25) is 0 Å². The van der Waals surface area contributed by atoms with E-state index in [9.17, 15) is 9.59 Å². The molecule has 0 aromatic heterocycles. The van der Waals surface area contributed by atoms with Gasteiger partial charge in [0.2, 0.25) is 6.29 Å². The fraction of sp³-hybridized carbons (Fsp3) is 0.423. The Morgan fingerprint density at radius 3 is 1.83 bits per heavy atom. The Balaban J connectivity index is 1.95. The first-order valence-electron chi connectivity index (χ1n) is 11.4. The number of benzene rings is 2. The second kappa shape index (κ2) is 13.0. The van der Waals surface area contributed by atoms with Crippen molar-refractivity contribution in [1.29, 1.82) is 0 Å². The first-order chi connectivity index (χ1) is 16.8. The Morgan fingerprint density at radius 2 is 1.34 bits per heavy atom. The molecule has 2 aromatic carbocycles. The lowest BCUT2D eigenvalue weighted by Crippen LogP contribution is -2.61. The van der Waals surface area contributed by atoms with Crippen LogP contribution in [0, 0.1) is 0 Å². The molecule has 0 N–H and O–H groups in total. The van der Waals surface area contributed by atoms with Gasteiger partial charge in [0.05, 0.1) is 19.4 Å². The van der Waals surface area contributed by atoms with Gasteiger partial charge in [0, 0.05) is 27.9 Å². The van der Waals surface area contributed by atoms with Crippen LogP contribution in [-0.4, -0.2) is 68.0 Å². The lowest BCUT2D eigenvalue weighted by atomic mass is 9.98. The van der Waals surface area contributed by atoms with Crippen LogP contribution < -0.4 is 0 Å². The normalized spacial score (nSPS) is 24.2. The van der Waals surface area contributed by atoms with Crippen molar-refractivity contribution in [3.63, 3.8) is 0 Å². The summed E-state index contributed by atoms with van der Waals surface area (Å²) < 4.78 is 29.6. The number of rotatable bonds is 10. The Labute approximate surface area is 205 Å². The minimum atomic E-state index is -1.20. The third-order valence-electron chi connectivity index (χ3n) is 5.13. The number of hydrogen-bond acceptors (Lipinski definition) is 9. The zero-order valence-electron chi connectivity index (χ0n) is 20.4. The molecule has 1 heterocycles. The maximum absolute atomic E-state index is 12.0. The summed E-state index contributed by atoms with van der Waals surface area (Å²) in [7, 11) is 3.54. The SMILES string of the molecule is CC(=O)O[C@H]1O[C@@H](/C=N/N(C)C)[C@@H](OCc2ccccc2)[C@@H](OCc2ccccc2)[C@@H]1OC(C)=O. The maximum Gasteiger partial charge on any atom is 0.305 e. The molecule has 0 spiro atoms. The second-order valence-corrected chi connectivity index (χ2v) is 8.29. The van der Waals surface area contributed by atoms with E-state index >= 15 is 0 Å². The average Bonchev–Trinajstić information content (AvgIpc) is 2.82. The molecule has 35 heavy (non-hydrogen) atoms. The summed E-state index contributed by atoms with van der Waals surface area (Å²) in [6, 6.07) is 19.2. The van der Waals surface area contributed by atoms with E-state index in [0.29, 0.717) is 0 Å². The molecular weight excluding hydrogens is 452 g/mol. The highest BCUT2D eigenvalue weighted by Gasteiger charge is 2.50. The van der Waals surface area contributed by atoms with Gasteiger partial charge in [-0.3, -0.25) is 9.59 Å². The standard InChI is InChI=1S/C26H32N2O7/c1-18(29)33-25-24(32-17-21-13-9-6-10-14-21)23(31-16-20-11-7-5-8-12-20)22(15-27-28(3)4)35-26(25)34-19(2)30/h5-15,22-26H,16-17H2,1-4H3/b27-15+/t22-,23+,24+,25-,26-/m0/s1. The first-order valence-corrected chi connectivity index (χ1v) is 11.4. The van der Waals surface area contributed by atoms with Crippen molar-refractivity contribution in [3.05, 3.63) is 71.8 Å². The highest BCUT2D eigenvalue weighted by Crippen LogP contribution is 2.30. The number of carbonyl (C=O) groups excluding carboxylic acids is 2.